The summed E-state index contributed by atoms with van der Waals surface area (Å²) in [5.74, 6) is 3.04. The first-order valence-corrected chi connectivity index (χ1v) is 8.73. The quantitative estimate of drug-likeness (QED) is 0.815. The molecule has 0 saturated heterocycles. The SMILES string of the molecule is CCNc1cc(N(C)Cc2cc(Br)cs2)nc(C(C)C)n1. The van der Waals surface area contributed by atoms with Crippen molar-refractivity contribution in [2.24, 2.45) is 0 Å². The highest BCUT2D eigenvalue weighted by Gasteiger charge is 2.12. The second-order valence-corrected chi connectivity index (χ2v) is 7.15. The van der Waals surface area contributed by atoms with E-state index in [1.165, 1.54) is 4.88 Å². The first kappa shape index (κ1) is 16.2. The molecule has 2 aromatic heterocycles. The lowest BCUT2D eigenvalue weighted by atomic mass is 10.2. The summed E-state index contributed by atoms with van der Waals surface area (Å²) in [6.45, 7) is 8.01. The highest BCUT2D eigenvalue weighted by Crippen LogP contribution is 2.24. The van der Waals surface area contributed by atoms with E-state index in [1.54, 1.807) is 11.3 Å². The minimum Gasteiger partial charge on any atom is -0.370 e. The van der Waals surface area contributed by atoms with Crippen LogP contribution in [0.5, 0.6) is 0 Å². The molecule has 6 heteroatoms. The molecule has 2 heterocycles. The molecule has 0 atom stereocenters. The summed E-state index contributed by atoms with van der Waals surface area (Å²) in [5, 5.41) is 5.39. The molecule has 0 fully saturated rings. The van der Waals surface area contributed by atoms with Gasteiger partial charge in [0.1, 0.15) is 17.5 Å². The smallest absolute Gasteiger partial charge is 0.135 e. The molecule has 114 valence electrons. The van der Waals surface area contributed by atoms with Gasteiger partial charge in [0.05, 0.1) is 6.54 Å². The molecule has 2 rings (SSSR count). The highest BCUT2D eigenvalue weighted by molar-refractivity contribution is 9.10. The minimum absolute atomic E-state index is 0.312. The summed E-state index contributed by atoms with van der Waals surface area (Å²) in [4.78, 5) is 12.7. The maximum absolute atomic E-state index is 4.69. The molecular formula is C15H21BrN4S. The molecule has 0 spiro atoms. The van der Waals surface area contributed by atoms with Gasteiger partial charge in [-0.3, -0.25) is 0 Å². The number of aromatic nitrogens is 2. The van der Waals surface area contributed by atoms with Gasteiger partial charge in [-0.1, -0.05) is 13.8 Å². The number of thiophene rings is 1. The van der Waals surface area contributed by atoms with E-state index in [0.717, 1.165) is 35.0 Å². The summed E-state index contributed by atoms with van der Waals surface area (Å²) < 4.78 is 1.13. The molecular weight excluding hydrogens is 348 g/mol. The van der Waals surface area contributed by atoms with Crippen molar-refractivity contribution < 1.29 is 0 Å². The van der Waals surface area contributed by atoms with E-state index in [1.807, 2.05) is 6.07 Å². The van der Waals surface area contributed by atoms with Crippen LogP contribution in [0.25, 0.3) is 0 Å². The second-order valence-electron chi connectivity index (χ2n) is 5.24. The van der Waals surface area contributed by atoms with Crippen molar-refractivity contribution >= 4 is 38.9 Å². The Bertz CT molecular complexity index is 597. The van der Waals surface area contributed by atoms with Crippen LogP contribution in [0.4, 0.5) is 11.6 Å². The third-order valence-electron chi connectivity index (χ3n) is 3.01. The lowest BCUT2D eigenvalue weighted by Crippen LogP contribution is -2.19. The van der Waals surface area contributed by atoms with Crippen LogP contribution in [-0.4, -0.2) is 23.6 Å². The highest BCUT2D eigenvalue weighted by atomic mass is 79.9. The van der Waals surface area contributed by atoms with Crippen LogP contribution in [0.3, 0.4) is 0 Å². The molecule has 0 saturated carbocycles. The summed E-state index contributed by atoms with van der Waals surface area (Å²) in [5.41, 5.74) is 0. The Morgan fingerprint density at radius 1 is 1.33 bits per heavy atom. The van der Waals surface area contributed by atoms with Crippen LogP contribution in [0.1, 0.15) is 37.4 Å². The van der Waals surface area contributed by atoms with Crippen molar-refractivity contribution in [1.82, 2.24) is 9.97 Å². The Kier molecular flexibility index (Phi) is 5.58. The maximum atomic E-state index is 4.69. The molecule has 0 unspecified atom stereocenters. The lowest BCUT2D eigenvalue weighted by molar-refractivity contribution is 0.764. The monoisotopic (exact) mass is 368 g/mol. The molecule has 2 aromatic rings. The summed E-state index contributed by atoms with van der Waals surface area (Å²) in [6, 6.07) is 4.16. The van der Waals surface area contributed by atoms with Crippen molar-refractivity contribution in [3.05, 3.63) is 32.7 Å². The number of rotatable bonds is 6. The van der Waals surface area contributed by atoms with Crippen LogP contribution >= 0.6 is 27.3 Å². The summed E-state index contributed by atoms with van der Waals surface area (Å²) in [7, 11) is 2.07. The number of anilines is 2. The van der Waals surface area contributed by atoms with Gasteiger partial charge in [0.2, 0.25) is 0 Å². The standard InChI is InChI=1S/C15H21BrN4S/c1-5-17-13-7-14(19-15(18-13)10(2)3)20(4)8-12-6-11(16)9-21-12/h6-7,9-10H,5,8H2,1-4H3,(H,17,18,19). The number of nitrogens with zero attached hydrogens (tertiary/aromatic N) is 3. The van der Waals surface area contributed by atoms with Gasteiger partial charge in [-0.25, -0.2) is 9.97 Å². The Labute approximate surface area is 138 Å². The summed E-state index contributed by atoms with van der Waals surface area (Å²) in [6.07, 6.45) is 0. The zero-order chi connectivity index (χ0) is 15.4. The van der Waals surface area contributed by atoms with E-state index >= 15 is 0 Å². The number of nitrogens with one attached hydrogen (secondary N) is 1. The predicted octanol–water partition coefficient (Wildman–Crippen LogP) is 4.49. The van der Waals surface area contributed by atoms with Gasteiger partial charge in [0.15, 0.2) is 0 Å². The minimum atomic E-state index is 0.312. The molecule has 0 aliphatic heterocycles. The van der Waals surface area contributed by atoms with Gasteiger partial charge < -0.3 is 10.2 Å². The van der Waals surface area contributed by atoms with E-state index in [9.17, 15) is 0 Å². The number of halogens is 1. The van der Waals surface area contributed by atoms with Gasteiger partial charge in [0.25, 0.3) is 0 Å². The predicted molar refractivity (Wildman–Crippen MR) is 94.4 cm³/mol. The molecule has 0 aliphatic carbocycles. The first-order valence-electron chi connectivity index (χ1n) is 7.06. The largest absolute Gasteiger partial charge is 0.370 e. The molecule has 0 bridgehead atoms. The van der Waals surface area contributed by atoms with Crippen molar-refractivity contribution in [1.29, 1.82) is 0 Å². The Morgan fingerprint density at radius 2 is 2.10 bits per heavy atom. The maximum Gasteiger partial charge on any atom is 0.135 e. The molecule has 0 aromatic carbocycles. The van der Waals surface area contributed by atoms with E-state index in [4.69, 9.17) is 0 Å². The normalized spacial score (nSPS) is 11.0. The Hall–Kier alpha value is -1.14. The zero-order valence-electron chi connectivity index (χ0n) is 12.9. The van der Waals surface area contributed by atoms with Crippen molar-refractivity contribution in [3.63, 3.8) is 0 Å². The zero-order valence-corrected chi connectivity index (χ0v) is 15.3. The van der Waals surface area contributed by atoms with Crippen molar-refractivity contribution in [2.45, 2.75) is 33.2 Å². The van der Waals surface area contributed by atoms with E-state index in [0.29, 0.717) is 5.92 Å². The molecule has 4 nitrogen and oxygen atoms in total. The first-order chi connectivity index (χ1) is 9.99. The van der Waals surface area contributed by atoms with Gasteiger partial charge in [-0.2, -0.15) is 0 Å². The fraction of sp³-hybridized carbons (Fsp3) is 0.467. The van der Waals surface area contributed by atoms with Gasteiger partial charge in [-0.15, -0.1) is 11.3 Å². The average molecular weight is 369 g/mol. The van der Waals surface area contributed by atoms with Crippen LogP contribution in [0.15, 0.2) is 22.0 Å². The van der Waals surface area contributed by atoms with Crippen LogP contribution in [0, 0.1) is 0 Å². The topological polar surface area (TPSA) is 41.0 Å². The van der Waals surface area contributed by atoms with Crippen molar-refractivity contribution in [2.75, 3.05) is 23.8 Å². The van der Waals surface area contributed by atoms with Crippen LogP contribution in [-0.2, 0) is 6.54 Å². The van der Waals surface area contributed by atoms with Crippen LogP contribution < -0.4 is 10.2 Å². The van der Waals surface area contributed by atoms with Gasteiger partial charge in [-0.05, 0) is 28.9 Å². The van der Waals surface area contributed by atoms with E-state index in [-0.39, 0.29) is 0 Å². The number of hydrogen-bond acceptors (Lipinski definition) is 5. The fourth-order valence-corrected chi connectivity index (χ4v) is 3.43. The van der Waals surface area contributed by atoms with Crippen molar-refractivity contribution in [3.8, 4) is 0 Å². The van der Waals surface area contributed by atoms with Crippen LogP contribution in [0.2, 0.25) is 0 Å². The Balaban J connectivity index is 2.24. The second kappa shape index (κ2) is 7.22. The lowest BCUT2D eigenvalue weighted by Gasteiger charge is -2.19. The Morgan fingerprint density at radius 3 is 2.67 bits per heavy atom. The molecule has 0 amide bonds. The fourth-order valence-electron chi connectivity index (χ4n) is 1.93. The van der Waals surface area contributed by atoms with E-state index < -0.39 is 0 Å². The molecule has 21 heavy (non-hydrogen) atoms. The molecule has 1 N–H and O–H groups in total. The van der Waals surface area contributed by atoms with E-state index in [2.05, 4.69) is 75.4 Å². The molecule has 0 aliphatic rings. The van der Waals surface area contributed by atoms with Gasteiger partial charge in [0, 0.05) is 40.3 Å². The third-order valence-corrected chi connectivity index (χ3v) is 4.69. The average Bonchev–Trinajstić information content (AvgIpc) is 2.84. The summed E-state index contributed by atoms with van der Waals surface area (Å²) >= 11 is 5.25. The molecule has 0 radical (unpaired) electrons. The number of hydrogen-bond donors (Lipinski definition) is 1. The van der Waals surface area contributed by atoms with Gasteiger partial charge >= 0.3 is 0 Å². The third kappa shape index (κ3) is 4.41.